The van der Waals surface area contributed by atoms with E-state index in [-0.39, 0.29) is 11.9 Å². The summed E-state index contributed by atoms with van der Waals surface area (Å²) in [6, 6.07) is 13.7. The Kier molecular flexibility index (Phi) is 6.45. The fourth-order valence-corrected chi connectivity index (χ4v) is 2.43. The lowest BCUT2D eigenvalue weighted by molar-refractivity contribution is -0.128. The molecule has 0 saturated heterocycles. The molecule has 0 aliphatic carbocycles. The topological polar surface area (TPSA) is 47.6 Å². The van der Waals surface area contributed by atoms with Crippen molar-refractivity contribution in [2.45, 2.75) is 46.8 Å². The van der Waals surface area contributed by atoms with Crippen molar-refractivity contribution >= 4 is 5.91 Å². The van der Waals surface area contributed by atoms with Gasteiger partial charge in [0.2, 0.25) is 0 Å². The van der Waals surface area contributed by atoms with Gasteiger partial charge in [-0.15, -0.1) is 0 Å². The maximum absolute atomic E-state index is 12.3. The second kappa shape index (κ2) is 8.56. The van der Waals surface area contributed by atoms with Gasteiger partial charge in [0.25, 0.3) is 5.91 Å². The van der Waals surface area contributed by atoms with Crippen LogP contribution in [-0.4, -0.2) is 24.7 Å². The molecule has 0 radical (unpaired) electrons. The van der Waals surface area contributed by atoms with Crippen LogP contribution in [-0.2, 0) is 4.79 Å². The molecule has 25 heavy (non-hydrogen) atoms. The molecule has 0 heterocycles. The molecule has 0 fully saturated rings. The molecule has 2 aromatic carbocycles. The summed E-state index contributed by atoms with van der Waals surface area (Å²) in [6.07, 6.45) is -0.566. The summed E-state index contributed by atoms with van der Waals surface area (Å²) in [6.45, 7) is 10.1. The van der Waals surface area contributed by atoms with Gasteiger partial charge in [-0.05, 0) is 58.4 Å². The molecule has 1 amide bonds. The Labute approximate surface area is 150 Å². The largest absolute Gasteiger partial charge is 0.491 e. The highest BCUT2D eigenvalue weighted by molar-refractivity contribution is 5.81. The molecule has 0 aliphatic heterocycles. The Hall–Kier alpha value is -2.49. The summed E-state index contributed by atoms with van der Waals surface area (Å²) >= 11 is 0. The summed E-state index contributed by atoms with van der Waals surface area (Å²) in [5.74, 6) is 1.38. The zero-order valence-electron chi connectivity index (χ0n) is 15.6. The lowest BCUT2D eigenvalue weighted by atomic mass is 10.1. The van der Waals surface area contributed by atoms with E-state index in [0.717, 1.165) is 17.1 Å². The first-order valence-corrected chi connectivity index (χ1v) is 8.59. The second-order valence-corrected chi connectivity index (χ2v) is 6.56. The molecule has 1 N–H and O–H groups in total. The van der Waals surface area contributed by atoms with Crippen LogP contribution >= 0.6 is 0 Å². The van der Waals surface area contributed by atoms with Crippen molar-refractivity contribution in [3.8, 4) is 11.5 Å². The predicted octanol–water partition coefficient (Wildman–Crippen LogP) is 3.96. The van der Waals surface area contributed by atoms with Gasteiger partial charge in [0.1, 0.15) is 18.1 Å². The molecule has 0 aliphatic rings. The van der Waals surface area contributed by atoms with Gasteiger partial charge in [-0.3, -0.25) is 4.79 Å². The number of ether oxygens (including phenoxy) is 2. The average Bonchev–Trinajstić information content (AvgIpc) is 2.56. The molecule has 2 rings (SSSR count). The summed E-state index contributed by atoms with van der Waals surface area (Å²) < 4.78 is 11.5. The van der Waals surface area contributed by atoms with Gasteiger partial charge in [0.15, 0.2) is 6.10 Å². The van der Waals surface area contributed by atoms with E-state index in [1.807, 2.05) is 70.2 Å². The molecule has 0 saturated carbocycles. The van der Waals surface area contributed by atoms with Crippen molar-refractivity contribution in [3.05, 3.63) is 59.2 Å². The molecule has 0 bridgehead atoms. The van der Waals surface area contributed by atoms with Crippen molar-refractivity contribution in [2.24, 2.45) is 0 Å². The van der Waals surface area contributed by atoms with E-state index in [0.29, 0.717) is 6.61 Å². The Morgan fingerprint density at radius 3 is 2.28 bits per heavy atom. The van der Waals surface area contributed by atoms with Crippen LogP contribution in [0.1, 0.15) is 30.5 Å². The van der Waals surface area contributed by atoms with Crippen LogP contribution in [0.3, 0.4) is 0 Å². The summed E-state index contributed by atoms with van der Waals surface area (Å²) in [5.41, 5.74) is 3.38. The van der Waals surface area contributed by atoms with Crippen LogP contribution in [0.2, 0.25) is 0 Å². The lowest BCUT2D eigenvalue weighted by Crippen LogP contribution is -2.43. The number of carbonyl (C=O) groups is 1. The van der Waals surface area contributed by atoms with E-state index in [9.17, 15) is 4.79 Å². The van der Waals surface area contributed by atoms with E-state index in [4.69, 9.17) is 9.47 Å². The molecule has 4 heteroatoms. The van der Waals surface area contributed by atoms with Gasteiger partial charge in [-0.2, -0.15) is 0 Å². The number of hydrogen-bond acceptors (Lipinski definition) is 3. The highest BCUT2D eigenvalue weighted by Crippen LogP contribution is 2.20. The van der Waals surface area contributed by atoms with Crippen LogP contribution in [0.15, 0.2) is 42.5 Å². The van der Waals surface area contributed by atoms with Gasteiger partial charge >= 0.3 is 0 Å². The molecular weight excluding hydrogens is 314 g/mol. The zero-order chi connectivity index (χ0) is 18.4. The van der Waals surface area contributed by atoms with E-state index < -0.39 is 6.10 Å². The molecule has 0 aromatic heterocycles. The van der Waals surface area contributed by atoms with Gasteiger partial charge in [-0.25, -0.2) is 0 Å². The first-order valence-electron chi connectivity index (χ1n) is 8.59. The molecule has 0 unspecified atom stereocenters. The van der Waals surface area contributed by atoms with Crippen LogP contribution in [0.4, 0.5) is 0 Å². The lowest BCUT2D eigenvalue weighted by Gasteiger charge is -2.20. The van der Waals surface area contributed by atoms with Crippen molar-refractivity contribution < 1.29 is 14.3 Å². The number of nitrogens with one attached hydrogen (secondary N) is 1. The van der Waals surface area contributed by atoms with Crippen molar-refractivity contribution in [1.82, 2.24) is 5.32 Å². The maximum Gasteiger partial charge on any atom is 0.261 e. The summed E-state index contributed by atoms with van der Waals surface area (Å²) in [4.78, 5) is 12.3. The third-order valence-corrected chi connectivity index (χ3v) is 3.91. The monoisotopic (exact) mass is 341 g/mol. The van der Waals surface area contributed by atoms with Crippen LogP contribution in [0.25, 0.3) is 0 Å². The minimum atomic E-state index is -0.566. The Balaban J connectivity index is 1.82. The second-order valence-electron chi connectivity index (χ2n) is 6.56. The highest BCUT2D eigenvalue weighted by atomic mass is 16.5. The Morgan fingerprint density at radius 1 is 1.00 bits per heavy atom. The number of hydrogen-bond donors (Lipinski definition) is 1. The number of rotatable bonds is 7. The minimum absolute atomic E-state index is 0.112. The smallest absolute Gasteiger partial charge is 0.261 e. The fraction of sp³-hybridized carbons (Fsp3) is 0.381. The van der Waals surface area contributed by atoms with E-state index in [2.05, 4.69) is 5.32 Å². The molecule has 2 atom stereocenters. The third kappa shape index (κ3) is 5.82. The number of carbonyl (C=O) groups excluding carboxylic acids is 1. The van der Waals surface area contributed by atoms with Crippen LogP contribution in [0.5, 0.6) is 11.5 Å². The van der Waals surface area contributed by atoms with Crippen molar-refractivity contribution in [3.63, 3.8) is 0 Å². The van der Waals surface area contributed by atoms with Gasteiger partial charge in [0.05, 0.1) is 6.04 Å². The SMILES string of the molecule is Cc1ccc(OC[C@@H](C)NC(=O)[C@@H](C)Oc2ccc(C)cc2C)cc1. The van der Waals surface area contributed by atoms with E-state index in [1.165, 1.54) is 11.1 Å². The predicted molar refractivity (Wildman–Crippen MR) is 100 cm³/mol. The maximum atomic E-state index is 12.3. The van der Waals surface area contributed by atoms with E-state index >= 15 is 0 Å². The normalized spacial score (nSPS) is 13.0. The van der Waals surface area contributed by atoms with Gasteiger partial charge in [0, 0.05) is 0 Å². The molecular formula is C21H27NO3. The fourth-order valence-electron chi connectivity index (χ4n) is 2.43. The summed E-state index contributed by atoms with van der Waals surface area (Å²) in [7, 11) is 0. The van der Waals surface area contributed by atoms with Crippen LogP contribution < -0.4 is 14.8 Å². The Bertz CT molecular complexity index is 710. The molecule has 0 spiro atoms. The van der Waals surface area contributed by atoms with Crippen molar-refractivity contribution in [1.29, 1.82) is 0 Å². The number of amides is 1. The minimum Gasteiger partial charge on any atom is -0.491 e. The molecule has 134 valence electrons. The number of benzene rings is 2. The van der Waals surface area contributed by atoms with Crippen molar-refractivity contribution in [2.75, 3.05) is 6.61 Å². The van der Waals surface area contributed by atoms with Gasteiger partial charge < -0.3 is 14.8 Å². The van der Waals surface area contributed by atoms with Crippen LogP contribution in [0, 0.1) is 20.8 Å². The highest BCUT2D eigenvalue weighted by Gasteiger charge is 2.18. The Morgan fingerprint density at radius 2 is 1.64 bits per heavy atom. The van der Waals surface area contributed by atoms with Gasteiger partial charge in [-0.1, -0.05) is 35.4 Å². The molecule has 4 nitrogen and oxygen atoms in total. The first kappa shape index (κ1) is 18.8. The first-order chi connectivity index (χ1) is 11.8. The quantitative estimate of drug-likeness (QED) is 0.829. The number of aryl methyl sites for hydroxylation is 3. The molecule has 2 aromatic rings. The summed E-state index contributed by atoms with van der Waals surface area (Å²) in [5, 5.41) is 2.92. The average molecular weight is 341 g/mol. The third-order valence-electron chi connectivity index (χ3n) is 3.91. The zero-order valence-corrected chi connectivity index (χ0v) is 15.6. The van der Waals surface area contributed by atoms with E-state index in [1.54, 1.807) is 6.92 Å². The standard InChI is InChI=1S/C21H27NO3/c1-14-6-9-19(10-7-14)24-13-17(4)22-21(23)18(5)25-20-11-8-15(2)12-16(20)3/h6-12,17-18H,13H2,1-5H3,(H,22,23)/t17-,18-/m1/s1.